The Bertz CT molecular complexity index is 437. The smallest absolute Gasteiger partial charge is 0.0614 e. The van der Waals surface area contributed by atoms with Gasteiger partial charge in [-0.15, -0.1) is 0 Å². The van der Waals surface area contributed by atoms with Gasteiger partial charge in [0, 0.05) is 16.9 Å². The zero-order valence-corrected chi connectivity index (χ0v) is 13.0. The van der Waals surface area contributed by atoms with Crippen molar-refractivity contribution in [2.45, 2.75) is 44.3 Å². The molecular weight excluding hydrogens is 302 g/mol. The van der Waals surface area contributed by atoms with Crippen LogP contribution in [0.25, 0.3) is 0 Å². The molecule has 0 saturated carbocycles. The average Bonchev–Trinajstić information content (AvgIpc) is 2.86. The highest BCUT2D eigenvalue weighted by Crippen LogP contribution is 2.40. The summed E-state index contributed by atoms with van der Waals surface area (Å²) in [5, 5.41) is 3.55. The Morgan fingerprint density at radius 3 is 2.79 bits per heavy atom. The molecule has 3 heteroatoms. The Hall–Kier alpha value is -0.380. The Morgan fingerprint density at radius 1 is 1.21 bits per heavy atom. The summed E-state index contributed by atoms with van der Waals surface area (Å²) >= 11 is 3.71. The average molecular weight is 324 g/mol. The van der Waals surface area contributed by atoms with E-state index in [0.29, 0.717) is 24.0 Å². The van der Waals surface area contributed by atoms with Gasteiger partial charge in [0.05, 0.1) is 12.2 Å². The second kappa shape index (κ2) is 5.94. The summed E-state index contributed by atoms with van der Waals surface area (Å²) in [6.45, 7) is 4.40. The van der Waals surface area contributed by atoms with Crippen molar-refractivity contribution >= 4 is 15.9 Å². The Balaban J connectivity index is 1.83. The Kier molecular flexibility index (Phi) is 4.25. The first-order valence-electron chi connectivity index (χ1n) is 7.36. The van der Waals surface area contributed by atoms with Crippen molar-refractivity contribution < 1.29 is 4.74 Å². The van der Waals surface area contributed by atoms with Crippen molar-refractivity contribution in [3.63, 3.8) is 0 Å². The fourth-order valence-electron chi connectivity index (χ4n) is 3.59. The maximum atomic E-state index is 6.15. The van der Waals surface area contributed by atoms with Gasteiger partial charge in [-0.2, -0.15) is 0 Å². The molecule has 2 heterocycles. The lowest BCUT2D eigenvalue weighted by Gasteiger charge is -2.36. The van der Waals surface area contributed by atoms with Gasteiger partial charge in [-0.05, 0) is 50.3 Å². The molecular formula is C16H22BrNO. The second-order valence-corrected chi connectivity index (χ2v) is 6.70. The third-order valence-electron chi connectivity index (χ3n) is 4.58. The molecule has 3 rings (SSSR count). The molecule has 2 fully saturated rings. The van der Waals surface area contributed by atoms with Crippen LogP contribution in [0.4, 0.5) is 0 Å². The first-order valence-corrected chi connectivity index (χ1v) is 8.15. The molecule has 4 atom stereocenters. The predicted molar refractivity (Wildman–Crippen MR) is 81.4 cm³/mol. The van der Waals surface area contributed by atoms with E-state index in [1.165, 1.54) is 29.3 Å². The summed E-state index contributed by atoms with van der Waals surface area (Å²) < 4.78 is 7.39. The summed E-state index contributed by atoms with van der Waals surface area (Å²) in [5.74, 6) is 1.23. The van der Waals surface area contributed by atoms with Crippen LogP contribution in [-0.4, -0.2) is 25.3 Å². The fraction of sp³-hybridized carbons (Fsp3) is 0.625. The van der Waals surface area contributed by atoms with E-state index in [4.69, 9.17) is 4.74 Å². The first-order chi connectivity index (χ1) is 9.25. The van der Waals surface area contributed by atoms with Crippen molar-refractivity contribution in [1.29, 1.82) is 0 Å². The molecule has 4 unspecified atom stereocenters. The van der Waals surface area contributed by atoms with Crippen LogP contribution in [0.15, 0.2) is 28.7 Å². The lowest BCUT2D eigenvalue weighted by molar-refractivity contribution is 0.00341. The van der Waals surface area contributed by atoms with Crippen molar-refractivity contribution in [1.82, 2.24) is 5.32 Å². The van der Waals surface area contributed by atoms with Crippen LogP contribution in [0.2, 0.25) is 0 Å². The quantitative estimate of drug-likeness (QED) is 0.895. The number of ether oxygens (including phenoxy) is 1. The first kappa shape index (κ1) is 13.6. The summed E-state index contributed by atoms with van der Waals surface area (Å²) in [4.78, 5) is 0. The highest BCUT2D eigenvalue weighted by atomic mass is 79.9. The Labute approximate surface area is 124 Å². The summed E-state index contributed by atoms with van der Waals surface area (Å²) in [6, 6.07) is 8.64. The molecule has 2 aliphatic rings. The number of hydrogen-bond donors (Lipinski definition) is 1. The van der Waals surface area contributed by atoms with E-state index in [1.807, 2.05) is 0 Å². The van der Waals surface area contributed by atoms with E-state index in [2.05, 4.69) is 52.4 Å². The molecule has 104 valence electrons. The molecule has 1 N–H and O–H groups in total. The van der Waals surface area contributed by atoms with E-state index >= 15 is 0 Å². The minimum atomic E-state index is 0.444. The van der Waals surface area contributed by atoms with Gasteiger partial charge >= 0.3 is 0 Å². The minimum Gasteiger partial charge on any atom is -0.375 e. The standard InChI is InChI=1S/C16H22BrNO/c1-11-6-7-16(19-11)13-8-9-18-10-14(13)12-4-2-3-5-15(12)17/h2-5,11,13-14,16,18H,6-10H2,1H3. The molecule has 2 saturated heterocycles. The van der Waals surface area contributed by atoms with Crippen LogP contribution >= 0.6 is 15.9 Å². The van der Waals surface area contributed by atoms with Gasteiger partial charge in [-0.1, -0.05) is 34.1 Å². The van der Waals surface area contributed by atoms with Crippen LogP contribution in [0, 0.1) is 5.92 Å². The molecule has 0 spiro atoms. The van der Waals surface area contributed by atoms with Crippen molar-refractivity contribution in [3.05, 3.63) is 34.3 Å². The van der Waals surface area contributed by atoms with Crippen molar-refractivity contribution in [2.24, 2.45) is 5.92 Å². The van der Waals surface area contributed by atoms with Crippen LogP contribution in [0.5, 0.6) is 0 Å². The normalized spacial score (nSPS) is 35.5. The van der Waals surface area contributed by atoms with Gasteiger partial charge in [-0.3, -0.25) is 0 Å². The lowest BCUT2D eigenvalue weighted by Crippen LogP contribution is -2.40. The van der Waals surface area contributed by atoms with E-state index in [1.54, 1.807) is 0 Å². The summed E-state index contributed by atoms with van der Waals surface area (Å²) in [6.07, 6.45) is 4.57. The monoisotopic (exact) mass is 323 g/mol. The molecule has 19 heavy (non-hydrogen) atoms. The van der Waals surface area contributed by atoms with E-state index in [9.17, 15) is 0 Å². The zero-order valence-electron chi connectivity index (χ0n) is 11.4. The van der Waals surface area contributed by atoms with Crippen LogP contribution < -0.4 is 5.32 Å². The molecule has 0 aliphatic carbocycles. The predicted octanol–water partition coefficient (Wildman–Crippen LogP) is 3.71. The highest BCUT2D eigenvalue weighted by molar-refractivity contribution is 9.10. The van der Waals surface area contributed by atoms with Gasteiger partial charge < -0.3 is 10.1 Å². The number of rotatable bonds is 2. The third-order valence-corrected chi connectivity index (χ3v) is 5.30. The molecule has 1 aromatic rings. The molecule has 1 aromatic carbocycles. The fourth-order valence-corrected chi connectivity index (χ4v) is 4.17. The van der Waals surface area contributed by atoms with Crippen LogP contribution in [0.1, 0.15) is 37.7 Å². The summed E-state index contributed by atoms with van der Waals surface area (Å²) in [5.41, 5.74) is 1.43. The van der Waals surface area contributed by atoms with E-state index in [0.717, 1.165) is 13.1 Å². The molecule has 0 radical (unpaired) electrons. The number of hydrogen-bond acceptors (Lipinski definition) is 2. The number of nitrogens with one attached hydrogen (secondary N) is 1. The summed E-state index contributed by atoms with van der Waals surface area (Å²) in [7, 11) is 0. The number of benzene rings is 1. The topological polar surface area (TPSA) is 21.3 Å². The minimum absolute atomic E-state index is 0.444. The Morgan fingerprint density at radius 2 is 2.05 bits per heavy atom. The lowest BCUT2D eigenvalue weighted by atomic mass is 9.77. The maximum Gasteiger partial charge on any atom is 0.0614 e. The SMILES string of the molecule is CC1CCC(C2CCNCC2c2ccccc2Br)O1. The zero-order chi connectivity index (χ0) is 13.2. The number of piperidine rings is 1. The third kappa shape index (κ3) is 2.88. The maximum absolute atomic E-state index is 6.15. The van der Waals surface area contributed by atoms with E-state index in [-0.39, 0.29) is 0 Å². The van der Waals surface area contributed by atoms with Crippen LogP contribution in [-0.2, 0) is 4.74 Å². The molecule has 0 aromatic heterocycles. The molecule has 2 nitrogen and oxygen atoms in total. The van der Waals surface area contributed by atoms with Gasteiger partial charge in [0.25, 0.3) is 0 Å². The molecule has 2 aliphatic heterocycles. The van der Waals surface area contributed by atoms with Crippen molar-refractivity contribution in [2.75, 3.05) is 13.1 Å². The largest absolute Gasteiger partial charge is 0.375 e. The number of halogens is 1. The highest BCUT2D eigenvalue weighted by Gasteiger charge is 2.37. The second-order valence-electron chi connectivity index (χ2n) is 5.85. The van der Waals surface area contributed by atoms with Crippen LogP contribution in [0.3, 0.4) is 0 Å². The van der Waals surface area contributed by atoms with Gasteiger partial charge in [-0.25, -0.2) is 0 Å². The molecule has 0 bridgehead atoms. The van der Waals surface area contributed by atoms with Gasteiger partial charge in [0.15, 0.2) is 0 Å². The molecule has 0 amide bonds. The van der Waals surface area contributed by atoms with E-state index < -0.39 is 0 Å². The van der Waals surface area contributed by atoms with Gasteiger partial charge in [0.1, 0.15) is 0 Å². The van der Waals surface area contributed by atoms with Crippen molar-refractivity contribution in [3.8, 4) is 0 Å². The van der Waals surface area contributed by atoms with Gasteiger partial charge in [0.2, 0.25) is 0 Å².